The highest BCUT2D eigenvalue weighted by atomic mass is 35.5. The monoisotopic (exact) mass is 272 g/mol. The minimum absolute atomic E-state index is 0.105. The number of rotatable bonds is 3. The Morgan fingerprint density at radius 3 is 2.68 bits per heavy atom. The largest absolute Gasteiger partial charge is 0.396 e. The fraction of sp³-hybridized carbons (Fsp3) is 0.133. The molecule has 19 heavy (non-hydrogen) atoms. The molecule has 96 valence electrons. The predicted octanol–water partition coefficient (Wildman–Crippen LogP) is 3.21. The van der Waals surface area contributed by atoms with Crippen molar-refractivity contribution in [2.45, 2.75) is 6.42 Å². The molecule has 0 aliphatic carbocycles. The minimum atomic E-state index is 0.105. The molecule has 1 N–H and O–H groups in total. The fourth-order valence-electron chi connectivity index (χ4n) is 2.33. The lowest BCUT2D eigenvalue weighted by molar-refractivity contribution is 0.297. The van der Waals surface area contributed by atoms with Gasteiger partial charge in [-0.15, -0.1) is 0 Å². The quantitative estimate of drug-likeness (QED) is 0.744. The normalized spacial score (nSPS) is 11.1. The molecule has 0 bridgehead atoms. The van der Waals surface area contributed by atoms with Gasteiger partial charge in [0, 0.05) is 36.0 Å². The highest BCUT2D eigenvalue weighted by molar-refractivity contribution is 6.34. The lowest BCUT2D eigenvalue weighted by Crippen LogP contribution is -2.02. The molecule has 3 aromatic rings. The molecule has 0 saturated carbocycles. The van der Waals surface area contributed by atoms with Crippen molar-refractivity contribution in [1.29, 1.82) is 0 Å². The van der Waals surface area contributed by atoms with Crippen molar-refractivity contribution in [3.63, 3.8) is 0 Å². The van der Waals surface area contributed by atoms with Crippen molar-refractivity contribution in [2.75, 3.05) is 6.61 Å². The van der Waals surface area contributed by atoms with E-state index in [0.29, 0.717) is 11.6 Å². The van der Waals surface area contributed by atoms with E-state index in [1.54, 1.807) is 6.20 Å². The second kappa shape index (κ2) is 5.03. The maximum absolute atomic E-state index is 9.22. The number of pyridine rings is 1. The van der Waals surface area contributed by atoms with Gasteiger partial charge in [0.25, 0.3) is 0 Å². The molecule has 0 aliphatic heterocycles. The molecule has 4 heteroatoms. The van der Waals surface area contributed by atoms with E-state index < -0.39 is 0 Å². The molecule has 3 rings (SSSR count). The van der Waals surface area contributed by atoms with Crippen LogP contribution in [0.15, 0.2) is 48.7 Å². The Morgan fingerprint density at radius 1 is 1.16 bits per heavy atom. The Kier molecular flexibility index (Phi) is 3.23. The van der Waals surface area contributed by atoms with Crippen LogP contribution in [-0.2, 0) is 6.42 Å². The van der Waals surface area contributed by atoms with Crippen LogP contribution in [-0.4, -0.2) is 21.3 Å². The molecule has 1 aromatic carbocycles. The van der Waals surface area contributed by atoms with Crippen LogP contribution < -0.4 is 0 Å². The van der Waals surface area contributed by atoms with Crippen molar-refractivity contribution >= 4 is 22.5 Å². The van der Waals surface area contributed by atoms with Gasteiger partial charge < -0.3 is 9.67 Å². The summed E-state index contributed by atoms with van der Waals surface area (Å²) >= 11 is 6.14. The van der Waals surface area contributed by atoms with E-state index in [-0.39, 0.29) is 6.61 Å². The summed E-state index contributed by atoms with van der Waals surface area (Å²) in [5.41, 5.74) is 3.09. The fourth-order valence-corrected chi connectivity index (χ4v) is 2.54. The number of halogens is 1. The molecule has 0 atom stereocenters. The molecule has 0 amide bonds. The summed E-state index contributed by atoms with van der Waals surface area (Å²) in [4.78, 5) is 4.11. The summed E-state index contributed by atoms with van der Waals surface area (Å²) in [5.74, 6) is 0. The average Bonchev–Trinajstić information content (AvgIpc) is 2.80. The highest BCUT2D eigenvalue weighted by Crippen LogP contribution is 2.28. The number of hydrogen-bond acceptors (Lipinski definition) is 2. The summed E-state index contributed by atoms with van der Waals surface area (Å²) in [5, 5.41) is 10.6. The second-order valence-electron chi connectivity index (χ2n) is 4.31. The summed E-state index contributed by atoms with van der Waals surface area (Å²) in [7, 11) is 0. The van der Waals surface area contributed by atoms with Crippen LogP contribution in [0, 0.1) is 0 Å². The zero-order valence-corrected chi connectivity index (χ0v) is 11.0. The van der Waals surface area contributed by atoms with Crippen LogP contribution >= 0.6 is 11.6 Å². The maximum Gasteiger partial charge on any atom is 0.138 e. The smallest absolute Gasteiger partial charge is 0.138 e. The Labute approximate surface area is 116 Å². The Morgan fingerprint density at radius 2 is 1.95 bits per heavy atom. The summed E-state index contributed by atoms with van der Waals surface area (Å²) in [6.45, 7) is 0.105. The van der Waals surface area contributed by atoms with Crippen LogP contribution in [0.2, 0.25) is 5.15 Å². The van der Waals surface area contributed by atoms with Gasteiger partial charge in [0.1, 0.15) is 5.15 Å². The number of aliphatic hydroxyl groups excluding tert-OH is 1. The molecular formula is C15H13ClN2O. The van der Waals surface area contributed by atoms with E-state index in [1.807, 2.05) is 42.5 Å². The predicted molar refractivity (Wildman–Crippen MR) is 76.9 cm³/mol. The Hall–Kier alpha value is -1.84. The molecule has 0 spiro atoms. The molecule has 0 radical (unpaired) electrons. The van der Waals surface area contributed by atoms with E-state index in [2.05, 4.69) is 9.55 Å². The lowest BCUT2D eigenvalue weighted by Gasteiger charge is -2.10. The Bertz CT molecular complexity index is 707. The number of para-hydroxylation sites is 1. The molecule has 2 aromatic heterocycles. The second-order valence-corrected chi connectivity index (χ2v) is 4.67. The molecule has 3 nitrogen and oxygen atoms in total. The topological polar surface area (TPSA) is 38.1 Å². The van der Waals surface area contributed by atoms with Gasteiger partial charge in [-0.3, -0.25) is 0 Å². The van der Waals surface area contributed by atoms with Gasteiger partial charge in [0.15, 0.2) is 0 Å². The van der Waals surface area contributed by atoms with E-state index in [1.165, 1.54) is 0 Å². The molecule has 2 heterocycles. The number of fused-ring (bicyclic) bond motifs is 1. The zero-order valence-electron chi connectivity index (χ0n) is 10.3. The van der Waals surface area contributed by atoms with E-state index >= 15 is 0 Å². The van der Waals surface area contributed by atoms with Gasteiger partial charge in [-0.05, 0) is 24.3 Å². The number of aliphatic hydroxyl groups is 1. The van der Waals surface area contributed by atoms with Crippen LogP contribution in [0.1, 0.15) is 5.69 Å². The SMILES string of the molecule is OCCc1cc2c(Cl)nccc2n1-c1ccccc1. The van der Waals surface area contributed by atoms with Crippen molar-refractivity contribution < 1.29 is 5.11 Å². The first kappa shape index (κ1) is 12.2. The number of aromatic nitrogens is 2. The molecule has 0 saturated heterocycles. The van der Waals surface area contributed by atoms with Gasteiger partial charge in [0.2, 0.25) is 0 Å². The average molecular weight is 273 g/mol. The van der Waals surface area contributed by atoms with Crippen LogP contribution in [0.4, 0.5) is 0 Å². The molecule has 0 fully saturated rings. The van der Waals surface area contributed by atoms with Crippen LogP contribution in [0.5, 0.6) is 0 Å². The van der Waals surface area contributed by atoms with Gasteiger partial charge in [0.05, 0.1) is 5.52 Å². The third kappa shape index (κ3) is 2.11. The van der Waals surface area contributed by atoms with Crippen molar-refractivity contribution in [1.82, 2.24) is 9.55 Å². The van der Waals surface area contributed by atoms with E-state index in [4.69, 9.17) is 11.6 Å². The van der Waals surface area contributed by atoms with Gasteiger partial charge in [-0.25, -0.2) is 4.98 Å². The van der Waals surface area contributed by atoms with E-state index in [9.17, 15) is 5.11 Å². The first-order valence-electron chi connectivity index (χ1n) is 6.12. The van der Waals surface area contributed by atoms with Gasteiger partial charge in [-0.1, -0.05) is 29.8 Å². The van der Waals surface area contributed by atoms with Crippen molar-refractivity contribution in [3.05, 3.63) is 59.5 Å². The van der Waals surface area contributed by atoms with Crippen molar-refractivity contribution in [2.24, 2.45) is 0 Å². The first-order chi connectivity index (χ1) is 9.31. The summed E-state index contributed by atoms with van der Waals surface area (Å²) in [6.07, 6.45) is 2.28. The Balaban J connectivity index is 2.32. The van der Waals surface area contributed by atoms with Gasteiger partial charge >= 0.3 is 0 Å². The first-order valence-corrected chi connectivity index (χ1v) is 6.50. The third-order valence-corrected chi connectivity index (χ3v) is 3.44. The number of benzene rings is 1. The number of hydrogen-bond donors (Lipinski definition) is 1. The van der Waals surface area contributed by atoms with Crippen molar-refractivity contribution in [3.8, 4) is 5.69 Å². The third-order valence-electron chi connectivity index (χ3n) is 3.14. The molecule has 0 aliphatic rings. The van der Waals surface area contributed by atoms with Crippen LogP contribution in [0.3, 0.4) is 0 Å². The maximum atomic E-state index is 9.22. The van der Waals surface area contributed by atoms with Crippen LogP contribution in [0.25, 0.3) is 16.6 Å². The molecule has 0 unspecified atom stereocenters. The summed E-state index contributed by atoms with van der Waals surface area (Å²) in [6, 6.07) is 14.0. The minimum Gasteiger partial charge on any atom is -0.396 e. The highest BCUT2D eigenvalue weighted by Gasteiger charge is 2.12. The van der Waals surface area contributed by atoms with E-state index in [0.717, 1.165) is 22.3 Å². The number of nitrogens with zero attached hydrogens (tertiary/aromatic N) is 2. The van der Waals surface area contributed by atoms with Gasteiger partial charge in [-0.2, -0.15) is 0 Å². The standard InChI is InChI=1S/C15H13ClN2O/c16-15-13-10-12(7-9-19)18(14(13)6-8-17-15)11-4-2-1-3-5-11/h1-6,8,10,19H,7,9H2. The lowest BCUT2D eigenvalue weighted by atomic mass is 10.3. The zero-order chi connectivity index (χ0) is 13.2. The molecular weight excluding hydrogens is 260 g/mol. The summed E-state index contributed by atoms with van der Waals surface area (Å²) < 4.78 is 2.11.